The van der Waals surface area contributed by atoms with Crippen LogP contribution in [0.15, 0.2) is 72.8 Å². The summed E-state index contributed by atoms with van der Waals surface area (Å²) in [7, 11) is 8.25. The van der Waals surface area contributed by atoms with Crippen LogP contribution in [0.25, 0.3) is 0 Å². The van der Waals surface area contributed by atoms with Crippen molar-refractivity contribution in [2.75, 3.05) is 38.0 Å². The summed E-state index contributed by atoms with van der Waals surface area (Å²) in [6, 6.07) is 25.5. The van der Waals surface area contributed by atoms with Crippen LogP contribution in [0.5, 0.6) is 5.75 Å². The lowest BCUT2D eigenvalue weighted by Gasteiger charge is -2.44. The fourth-order valence-corrected chi connectivity index (χ4v) is 4.14. The summed E-state index contributed by atoms with van der Waals surface area (Å²) in [5, 5.41) is 0. The van der Waals surface area contributed by atoms with E-state index in [1.54, 1.807) is 0 Å². The van der Waals surface area contributed by atoms with E-state index in [1.807, 2.05) is 12.1 Å². The minimum atomic E-state index is -0.776. The van der Waals surface area contributed by atoms with E-state index in [-0.39, 0.29) is 12.2 Å². The summed E-state index contributed by atoms with van der Waals surface area (Å²) >= 11 is 0. The Balaban J connectivity index is 2.05. The summed E-state index contributed by atoms with van der Waals surface area (Å²) in [5.74, 6) is 1.07. The third-order valence-electron chi connectivity index (χ3n) is 5.88. The van der Waals surface area contributed by atoms with Gasteiger partial charge in [0, 0.05) is 51.0 Å². The molecule has 0 amide bonds. The zero-order chi connectivity index (χ0) is 22.2. The maximum atomic E-state index is 6.94. The molecule has 1 aliphatic rings. The van der Waals surface area contributed by atoms with E-state index in [0.717, 1.165) is 33.8 Å². The van der Waals surface area contributed by atoms with Gasteiger partial charge in [0.1, 0.15) is 5.75 Å². The fraction of sp³-hybridized carbons (Fsp3) is 0.333. The van der Waals surface area contributed by atoms with Gasteiger partial charge in [-0.1, -0.05) is 56.3 Å². The first-order valence-electron chi connectivity index (χ1n) is 10.8. The molecule has 0 fully saturated rings. The molecule has 162 valence electrons. The number of benzene rings is 3. The third-order valence-corrected chi connectivity index (χ3v) is 5.88. The number of hydrogen-bond donors (Lipinski definition) is 0. The molecule has 0 saturated carbocycles. The van der Waals surface area contributed by atoms with Crippen LogP contribution in [-0.2, 0) is 10.3 Å². The second kappa shape index (κ2) is 8.27. The van der Waals surface area contributed by atoms with Crippen LogP contribution in [0.4, 0.5) is 11.4 Å². The Labute approximate surface area is 186 Å². The molecule has 0 aliphatic carbocycles. The highest BCUT2D eigenvalue weighted by Crippen LogP contribution is 2.50. The Morgan fingerprint density at radius 2 is 1.29 bits per heavy atom. The number of ether oxygens (including phenoxy) is 2. The average molecular weight is 417 g/mol. The Morgan fingerprint density at radius 1 is 0.742 bits per heavy atom. The number of anilines is 2. The van der Waals surface area contributed by atoms with Crippen LogP contribution in [0.2, 0.25) is 0 Å². The van der Waals surface area contributed by atoms with Gasteiger partial charge < -0.3 is 19.3 Å². The lowest BCUT2D eigenvalue weighted by molar-refractivity contribution is -0.183. The highest BCUT2D eigenvalue weighted by atomic mass is 16.7. The second-order valence-corrected chi connectivity index (χ2v) is 8.91. The third kappa shape index (κ3) is 3.77. The quantitative estimate of drug-likeness (QED) is 0.548. The lowest BCUT2D eigenvalue weighted by atomic mass is 9.78. The molecular weight excluding hydrogens is 384 g/mol. The van der Waals surface area contributed by atoms with E-state index in [1.165, 1.54) is 0 Å². The highest BCUT2D eigenvalue weighted by molar-refractivity contribution is 5.60. The van der Waals surface area contributed by atoms with Crippen LogP contribution in [0.1, 0.15) is 30.5 Å². The number of fused-ring (bicyclic) bond motifs is 1. The number of rotatable bonds is 5. The SMILES string of the molecule is CC(C)C1Oc2ccccc2C(c2cccc(N(C)C)c2)(c2cccc(N(C)C)c2)O1. The zero-order valence-corrected chi connectivity index (χ0v) is 19.3. The number of hydrogen-bond acceptors (Lipinski definition) is 4. The molecule has 1 aliphatic heterocycles. The maximum Gasteiger partial charge on any atom is 0.203 e. The van der Waals surface area contributed by atoms with Gasteiger partial charge in [0.2, 0.25) is 6.29 Å². The van der Waals surface area contributed by atoms with Gasteiger partial charge in [0.15, 0.2) is 5.60 Å². The van der Waals surface area contributed by atoms with Crippen molar-refractivity contribution in [1.29, 1.82) is 0 Å². The molecule has 0 saturated heterocycles. The largest absolute Gasteiger partial charge is 0.464 e. The predicted octanol–water partition coefficient (Wildman–Crippen LogP) is 5.50. The number of nitrogens with zero attached hydrogens (tertiary/aromatic N) is 2. The molecule has 31 heavy (non-hydrogen) atoms. The first kappa shape index (κ1) is 21.3. The van der Waals surface area contributed by atoms with E-state index < -0.39 is 5.60 Å². The Hall–Kier alpha value is -2.98. The summed E-state index contributed by atoms with van der Waals surface area (Å²) in [4.78, 5) is 4.25. The molecule has 0 aromatic heterocycles. The molecule has 0 radical (unpaired) electrons. The van der Waals surface area contributed by atoms with E-state index in [0.29, 0.717) is 0 Å². The Bertz CT molecular complexity index is 1010. The van der Waals surface area contributed by atoms with Crippen molar-refractivity contribution >= 4 is 11.4 Å². The van der Waals surface area contributed by atoms with Gasteiger partial charge in [-0.25, -0.2) is 0 Å². The van der Waals surface area contributed by atoms with E-state index in [2.05, 4.69) is 113 Å². The average Bonchev–Trinajstić information content (AvgIpc) is 2.78. The van der Waals surface area contributed by atoms with Crippen molar-refractivity contribution in [2.24, 2.45) is 5.92 Å². The molecule has 1 heterocycles. The minimum absolute atomic E-state index is 0.196. The molecule has 0 bridgehead atoms. The van der Waals surface area contributed by atoms with Crippen molar-refractivity contribution in [3.8, 4) is 5.75 Å². The predicted molar refractivity (Wildman–Crippen MR) is 128 cm³/mol. The second-order valence-electron chi connectivity index (χ2n) is 8.91. The van der Waals surface area contributed by atoms with E-state index >= 15 is 0 Å². The molecule has 4 heteroatoms. The molecule has 0 spiro atoms. The molecule has 0 N–H and O–H groups in total. The normalized spacial score (nSPS) is 17.1. The zero-order valence-electron chi connectivity index (χ0n) is 19.3. The van der Waals surface area contributed by atoms with Gasteiger partial charge in [0.05, 0.1) is 0 Å². The van der Waals surface area contributed by atoms with Crippen LogP contribution in [0.3, 0.4) is 0 Å². The monoisotopic (exact) mass is 416 g/mol. The molecule has 4 rings (SSSR count). The van der Waals surface area contributed by atoms with Crippen LogP contribution >= 0.6 is 0 Å². The van der Waals surface area contributed by atoms with Gasteiger partial charge in [-0.3, -0.25) is 0 Å². The summed E-state index contributed by atoms with van der Waals surface area (Å²) in [6.07, 6.45) is -0.360. The van der Waals surface area contributed by atoms with Crippen molar-refractivity contribution in [1.82, 2.24) is 0 Å². The van der Waals surface area contributed by atoms with Crippen molar-refractivity contribution in [2.45, 2.75) is 25.7 Å². The summed E-state index contributed by atoms with van der Waals surface area (Å²) < 4.78 is 13.2. The first-order valence-corrected chi connectivity index (χ1v) is 10.8. The fourth-order valence-electron chi connectivity index (χ4n) is 4.14. The Kier molecular flexibility index (Phi) is 5.67. The smallest absolute Gasteiger partial charge is 0.203 e. The maximum absolute atomic E-state index is 6.94. The molecule has 1 atom stereocenters. The Morgan fingerprint density at radius 3 is 1.81 bits per heavy atom. The number of para-hydroxylation sites is 1. The van der Waals surface area contributed by atoms with Gasteiger partial charge >= 0.3 is 0 Å². The van der Waals surface area contributed by atoms with Crippen molar-refractivity contribution in [3.63, 3.8) is 0 Å². The van der Waals surface area contributed by atoms with Gasteiger partial charge in [-0.2, -0.15) is 0 Å². The summed E-state index contributed by atoms with van der Waals surface area (Å²) in [6.45, 7) is 4.27. The lowest BCUT2D eigenvalue weighted by Crippen LogP contribution is -2.45. The standard InChI is InChI=1S/C27H32N2O2/c1-19(2)26-30-25-16-8-7-15-24(25)27(31-26,20-11-9-13-22(17-20)28(3)4)21-12-10-14-23(18-21)29(5)6/h7-19,26H,1-6H3. The van der Waals surface area contributed by atoms with E-state index in [4.69, 9.17) is 9.47 Å². The van der Waals surface area contributed by atoms with Crippen LogP contribution < -0.4 is 14.5 Å². The molecule has 4 nitrogen and oxygen atoms in total. The van der Waals surface area contributed by atoms with E-state index in [9.17, 15) is 0 Å². The first-order chi connectivity index (χ1) is 14.8. The minimum Gasteiger partial charge on any atom is -0.464 e. The molecule has 1 unspecified atom stereocenters. The van der Waals surface area contributed by atoms with Crippen molar-refractivity contribution < 1.29 is 9.47 Å². The van der Waals surface area contributed by atoms with Gasteiger partial charge in [0.25, 0.3) is 0 Å². The van der Waals surface area contributed by atoms with Gasteiger partial charge in [-0.05, 0) is 41.5 Å². The summed E-state index contributed by atoms with van der Waals surface area (Å²) in [5.41, 5.74) is 4.70. The molecule has 3 aromatic rings. The molecular formula is C27H32N2O2. The van der Waals surface area contributed by atoms with Gasteiger partial charge in [-0.15, -0.1) is 0 Å². The van der Waals surface area contributed by atoms with Crippen LogP contribution in [0, 0.1) is 5.92 Å². The topological polar surface area (TPSA) is 24.9 Å². The molecule has 3 aromatic carbocycles. The van der Waals surface area contributed by atoms with Crippen LogP contribution in [-0.4, -0.2) is 34.5 Å². The van der Waals surface area contributed by atoms with Crippen molar-refractivity contribution in [3.05, 3.63) is 89.5 Å². The highest BCUT2D eigenvalue weighted by Gasteiger charge is 2.46.